The first-order chi connectivity index (χ1) is 18.3. The Bertz CT molecular complexity index is 1510. The van der Waals surface area contributed by atoms with E-state index in [0.717, 1.165) is 12.8 Å². The summed E-state index contributed by atoms with van der Waals surface area (Å²) in [5, 5.41) is 22.9. The van der Waals surface area contributed by atoms with Crippen molar-refractivity contribution in [3.8, 4) is 11.1 Å². The van der Waals surface area contributed by atoms with Gasteiger partial charge >= 0.3 is 5.97 Å². The number of carboxylic acids is 1. The number of amidine groups is 1. The lowest BCUT2D eigenvalue weighted by molar-refractivity contribution is 0.0697. The minimum Gasteiger partial charge on any atom is -0.478 e. The molecule has 0 atom stereocenters. The molecule has 0 bridgehead atoms. The highest BCUT2D eigenvalue weighted by Crippen LogP contribution is 2.30. The molecule has 0 aromatic heterocycles. The predicted molar refractivity (Wildman–Crippen MR) is 147 cm³/mol. The minimum absolute atomic E-state index is 0.0647. The second-order valence-corrected chi connectivity index (χ2v) is 10.4. The molecule has 4 rings (SSSR count). The number of nitrogen functional groups attached to an aromatic ring is 1. The van der Waals surface area contributed by atoms with Crippen molar-refractivity contribution in [1.82, 2.24) is 5.32 Å². The average Bonchev–Trinajstić information content (AvgIpc) is 3.71. The van der Waals surface area contributed by atoms with Gasteiger partial charge in [-0.1, -0.05) is 24.3 Å². The molecule has 0 spiro atoms. The Kier molecular flexibility index (Phi) is 9.17. The van der Waals surface area contributed by atoms with E-state index < -0.39 is 22.0 Å². The maximum atomic E-state index is 13.0. The minimum atomic E-state index is -3.67. The highest BCUT2D eigenvalue weighted by atomic mass is 32.2. The molecule has 3 aromatic carbocycles. The Balaban J connectivity index is 0.000000771. The van der Waals surface area contributed by atoms with E-state index >= 15 is 0 Å². The molecule has 204 valence electrons. The van der Waals surface area contributed by atoms with Crippen molar-refractivity contribution < 1.29 is 32.5 Å². The fourth-order valence-corrected chi connectivity index (χ4v) is 3.61. The van der Waals surface area contributed by atoms with Crippen LogP contribution in [0.2, 0.25) is 0 Å². The first-order valence-electron chi connectivity index (χ1n) is 11.8. The molecular weight excluding hydrogens is 524 g/mol. The Hall–Kier alpha value is -4.55. The first-order valence-corrected chi connectivity index (χ1v) is 13.6. The van der Waals surface area contributed by atoms with Crippen molar-refractivity contribution in [1.29, 1.82) is 5.41 Å². The summed E-state index contributed by atoms with van der Waals surface area (Å²) in [4.78, 5) is 37.5. The molecule has 2 amide bonds. The van der Waals surface area contributed by atoms with Crippen LogP contribution in [0, 0.1) is 11.3 Å². The van der Waals surface area contributed by atoms with Crippen LogP contribution in [0.3, 0.4) is 0 Å². The van der Waals surface area contributed by atoms with Crippen molar-refractivity contribution in [3.63, 3.8) is 0 Å². The normalized spacial score (nSPS) is 12.5. The number of nitrogens with two attached hydrogens (primary N) is 1. The summed E-state index contributed by atoms with van der Waals surface area (Å²) in [6.45, 7) is 0.583. The molecule has 1 aliphatic rings. The first kappa shape index (κ1) is 29.0. The second kappa shape index (κ2) is 12.3. The van der Waals surface area contributed by atoms with E-state index in [9.17, 15) is 27.9 Å². The molecule has 0 aliphatic heterocycles. The van der Waals surface area contributed by atoms with Gasteiger partial charge in [0.25, 0.3) is 21.9 Å². The van der Waals surface area contributed by atoms with Gasteiger partial charge in [-0.2, -0.15) is 8.42 Å². The zero-order valence-electron chi connectivity index (χ0n) is 21.0. The van der Waals surface area contributed by atoms with E-state index in [0.29, 0.717) is 41.1 Å². The number of carbonyl (C=O) groups excluding carboxylic acids is 2. The van der Waals surface area contributed by atoms with Gasteiger partial charge in [-0.15, -0.1) is 0 Å². The summed E-state index contributed by atoms with van der Waals surface area (Å²) >= 11 is 0. The lowest BCUT2D eigenvalue weighted by Crippen LogP contribution is -2.25. The quantitative estimate of drug-likeness (QED) is 0.139. The Morgan fingerprint density at radius 2 is 1.49 bits per heavy atom. The standard InChI is InChI=1S/C26H24N4O4.CH4O3S/c27-23(28)16-7-10-18(11-8-16)30-25(32)21-4-2-1-3-19(21)20-12-9-17(13-22(20)26(33)34)24(31)29-14-15-5-6-15;1-5(2,3)4/h1-4,7-13,15H,5-6,14H2,(H3,27,28)(H,29,31)(H,30,32)(H,33,34);1H3,(H,2,3,4). The maximum Gasteiger partial charge on any atom is 0.336 e. The van der Waals surface area contributed by atoms with Crippen molar-refractivity contribution in [2.75, 3.05) is 18.1 Å². The van der Waals surface area contributed by atoms with E-state index in [1.54, 1.807) is 60.7 Å². The number of rotatable bonds is 8. The third kappa shape index (κ3) is 8.76. The molecular formula is C27H28N4O7S. The number of hydrogen-bond acceptors (Lipinski definition) is 6. The van der Waals surface area contributed by atoms with E-state index in [2.05, 4.69) is 10.6 Å². The molecule has 0 unspecified atom stereocenters. The molecule has 3 aromatic rings. The molecule has 39 heavy (non-hydrogen) atoms. The molecule has 1 fully saturated rings. The van der Waals surface area contributed by atoms with E-state index in [-0.39, 0.29) is 28.4 Å². The van der Waals surface area contributed by atoms with Gasteiger partial charge in [0.15, 0.2) is 0 Å². The van der Waals surface area contributed by atoms with Crippen molar-refractivity contribution in [3.05, 3.63) is 89.0 Å². The Morgan fingerprint density at radius 3 is 2.05 bits per heavy atom. The Labute approximate surface area is 225 Å². The third-order valence-electron chi connectivity index (χ3n) is 5.68. The number of carbonyl (C=O) groups is 3. The molecule has 12 heteroatoms. The summed E-state index contributed by atoms with van der Waals surface area (Å²) in [5.41, 5.74) is 7.75. The maximum absolute atomic E-state index is 13.0. The van der Waals surface area contributed by atoms with Gasteiger partial charge in [0.05, 0.1) is 11.8 Å². The smallest absolute Gasteiger partial charge is 0.336 e. The lowest BCUT2D eigenvalue weighted by atomic mass is 9.93. The van der Waals surface area contributed by atoms with Crippen LogP contribution >= 0.6 is 0 Å². The number of anilines is 1. The monoisotopic (exact) mass is 552 g/mol. The van der Waals surface area contributed by atoms with Gasteiger partial charge < -0.3 is 21.5 Å². The van der Waals surface area contributed by atoms with Gasteiger partial charge in [0.2, 0.25) is 0 Å². The fourth-order valence-electron chi connectivity index (χ4n) is 3.61. The van der Waals surface area contributed by atoms with Crippen LogP contribution in [0.1, 0.15) is 49.5 Å². The summed E-state index contributed by atoms with van der Waals surface area (Å²) in [6, 6.07) is 17.7. The topological polar surface area (TPSA) is 200 Å². The van der Waals surface area contributed by atoms with Crippen LogP contribution in [-0.4, -0.2) is 54.5 Å². The van der Waals surface area contributed by atoms with E-state index in [1.807, 2.05) is 0 Å². The van der Waals surface area contributed by atoms with Crippen molar-refractivity contribution >= 4 is 39.4 Å². The second-order valence-electron chi connectivity index (χ2n) is 8.94. The average molecular weight is 553 g/mol. The van der Waals surface area contributed by atoms with E-state index in [1.165, 1.54) is 6.07 Å². The summed E-state index contributed by atoms with van der Waals surface area (Å²) < 4.78 is 25.9. The lowest BCUT2D eigenvalue weighted by Gasteiger charge is -2.14. The van der Waals surface area contributed by atoms with Crippen LogP contribution in [-0.2, 0) is 10.1 Å². The number of nitrogens with one attached hydrogen (secondary N) is 3. The zero-order chi connectivity index (χ0) is 28.7. The molecule has 0 saturated heterocycles. The molecule has 1 aliphatic carbocycles. The van der Waals surface area contributed by atoms with Gasteiger partial charge in [0.1, 0.15) is 5.84 Å². The molecule has 1 saturated carbocycles. The van der Waals surface area contributed by atoms with Crippen molar-refractivity contribution in [2.45, 2.75) is 12.8 Å². The van der Waals surface area contributed by atoms with Gasteiger partial charge in [-0.05, 0) is 72.4 Å². The number of benzene rings is 3. The summed E-state index contributed by atoms with van der Waals surface area (Å²) in [5.74, 6) is -1.50. The molecule has 0 radical (unpaired) electrons. The number of hydrogen-bond donors (Lipinski definition) is 6. The van der Waals surface area contributed by atoms with Gasteiger partial charge in [0, 0.05) is 28.9 Å². The van der Waals surface area contributed by atoms with Crippen molar-refractivity contribution in [2.24, 2.45) is 11.7 Å². The van der Waals surface area contributed by atoms with Crippen LogP contribution in [0.15, 0.2) is 66.7 Å². The highest BCUT2D eigenvalue weighted by Gasteiger charge is 2.23. The van der Waals surface area contributed by atoms with Crippen LogP contribution in [0.5, 0.6) is 0 Å². The zero-order valence-corrected chi connectivity index (χ0v) is 21.8. The molecule has 7 N–H and O–H groups in total. The van der Waals surface area contributed by atoms with Gasteiger partial charge in [-0.3, -0.25) is 19.6 Å². The highest BCUT2D eigenvalue weighted by molar-refractivity contribution is 7.85. The number of carboxylic acid groups (broad SMARTS) is 1. The fraction of sp³-hybridized carbons (Fsp3) is 0.185. The van der Waals surface area contributed by atoms with Gasteiger partial charge in [-0.25, -0.2) is 4.79 Å². The van der Waals surface area contributed by atoms with Crippen LogP contribution < -0.4 is 16.4 Å². The van der Waals surface area contributed by atoms with Crippen LogP contribution in [0.25, 0.3) is 11.1 Å². The Morgan fingerprint density at radius 1 is 0.923 bits per heavy atom. The summed E-state index contributed by atoms with van der Waals surface area (Å²) in [6.07, 6.45) is 2.91. The molecule has 0 heterocycles. The largest absolute Gasteiger partial charge is 0.478 e. The third-order valence-corrected chi connectivity index (χ3v) is 5.68. The summed E-state index contributed by atoms with van der Waals surface area (Å²) in [7, 11) is -3.67. The number of amides is 2. The molecule has 11 nitrogen and oxygen atoms in total. The predicted octanol–water partition coefficient (Wildman–Crippen LogP) is 3.23. The van der Waals surface area contributed by atoms with Crippen LogP contribution in [0.4, 0.5) is 5.69 Å². The van der Waals surface area contributed by atoms with E-state index in [4.69, 9.17) is 15.7 Å². The number of aromatic carboxylic acids is 1. The SMILES string of the molecule is CS(=O)(=O)O.N=C(N)c1ccc(NC(=O)c2ccccc2-c2ccc(C(=O)NCC3CC3)cc2C(=O)O)cc1.